The quantitative estimate of drug-likeness (QED) is 0.556. The molecular weight excluding hydrogens is 308 g/mol. The van der Waals surface area contributed by atoms with E-state index in [0.29, 0.717) is 0 Å². The number of fused-ring (bicyclic) bond motifs is 1. The van der Waals surface area contributed by atoms with Crippen LogP contribution < -0.4 is 4.74 Å². The summed E-state index contributed by atoms with van der Waals surface area (Å²) in [5.74, 6) is 2.12. The summed E-state index contributed by atoms with van der Waals surface area (Å²) >= 11 is 0. The molecule has 0 saturated carbocycles. The van der Waals surface area contributed by atoms with Crippen LogP contribution in [0.2, 0.25) is 0 Å². The Labute approximate surface area is 150 Å². The van der Waals surface area contributed by atoms with E-state index in [1.165, 1.54) is 11.1 Å². The normalized spacial score (nSPS) is 11.8. The van der Waals surface area contributed by atoms with Crippen LogP contribution in [-0.4, -0.2) is 16.2 Å². The largest absolute Gasteiger partial charge is 0.494 e. The second-order valence-corrected chi connectivity index (χ2v) is 7.70. The van der Waals surface area contributed by atoms with E-state index in [4.69, 9.17) is 9.72 Å². The first kappa shape index (κ1) is 17.5. The van der Waals surface area contributed by atoms with Crippen molar-refractivity contribution in [1.82, 2.24) is 9.55 Å². The molecule has 0 radical (unpaired) electrons. The van der Waals surface area contributed by atoms with Crippen LogP contribution in [-0.2, 0) is 12.0 Å². The number of aromatic nitrogens is 2. The maximum atomic E-state index is 5.87. The first-order chi connectivity index (χ1) is 11.9. The number of para-hydroxylation sites is 2. The number of ether oxygens (including phenoxy) is 1. The number of benzene rings is 2. The molecule has 2 aromatic carbocycles. The van der Waals surface area contributed by atoms with Crippen molar-refractivity contribution < 1.29 is 4.74 Å². The van der Waals surface area contributed by atoms with Crippen molar-refractivity contribution in [2.75, 3.05) is 6.61 Å². The molecule has 0 aliphatic heterocycles. The Kier molecular flexibility index (Phi) is 5.12. The predicted molar refractivity (Wildman–Crippen MR) is 104 cm³/mol. The highest BCUT2D eigenvalue weighted by Crippen LogP contribution is 2.26. The van der Waals surface area contributed by atoms with E-state index in [2.05, 4.69) is 68.7 Å². The van der Waals surface area contributed by atoms with Crippen molar-refractivity contribution in [3.8, 4) is 5.75 Å². The topological polar surface area (TPSA) is 27.1 Å². The minimum absolute atomic E-state index is 0.0388. The smallest absolute Gasteiger partial charge is 0.119 e. The zero-order valence-corrected chi connectivity index (χ0v) is 15.7. The fourth-order valence-corrected chi connectivity index (χ4v) is 3.14. The fraction of sp³-hybridized carbons (Fsp3) is 0.409. The molecule has 0 spiro atoms. The molecule has 3 nitrogen and oxygen atoms in total. The van der Waals surface area contributed by atoms with Gasteiger partial charge in [-0.1, -0.05) is 45.0 Å². The Hall–Kier alpha value is -2.29. The maximum Gasteiger partial charge on any atom is 0.119 e. The van der Waals surface area contributed by atoms with Crippen LogP contribution in [0.25, 0.3) is 11.0 Å². The van der Waals surface area contributed by atoms with Crippen molar-refractivity contribution in [3.63, 3.8) is 0 Å². The summed E-state index contributed by atoms with van der Waals surface area (Å²) in [5.41, 5.74) is 3.59. The molecule has 0 bridgehead atoms. The van der Waals surface area contributed by atoms with Crippen LogP contribution in [0.4, 0.5) is 0 Å². The van der Waals surface area contributed by atoms with Gasteiger partial charge in [0.15, 0.2) is 0 Å². The zero-order valence-electron chi connectivity index (χ0n) is 15.7. The Morgan fingerprint density at radius 1 is 1.00 bits per heavy atom. The molecule has 3 aromatic rings. The highest BCUT2D eigenvalue weighted by atomic mass is 16.5. The average Bonchev–Trinajstić information content (AvgIpc) is 2.94. The summed E-state index contributed by atoms with van der Waals surface area (Å²) in [6, 6.07) is 16.6. The number of aryl methyl sites for hydroxylation is 2. The molecule has 25 heavy (non-hydrogen) atoms. The molecule has 0 aliphatic carbocycles. The summed E-state index contributed by atoms with van der Waals surface area (Å²) in [4.78, 5) is 4.87. The Morgan fingerprint density at radius 3 is 2.56 bits per heavy atom. The summed E-state index contributed by atoms with van der Waals surface area (Å²) in [6.07, 6.45) is 2.11. The molecule has 0 aliphatic rings. The van der Waals surface area contributed by atoms with Crippen molar-refractivity contribution in [1.29, 1.82) is 0 Å². The van der Waals surface area contributed by atoms with Crippen molar-refractivity contribution in [2.24, 2.45) is 0 Å². The van der Waals surface area contributed by atoms with Gasteiger partial charge in [-0.05, 0) is 49.6 Å². The number of unbranched alkanes of at least 4 members (excludes halogenated alkanes) is 1. The number of rotatable bonds is 6. The van der Waals surface area contributed by atoms with Crippen LogP contribution in [0.15, 0.2) is 48.5 Å². The van der Waals surface area contributed by atoms with Gasteiger partial charge in [-0.15, -0.1) is 0 Å². The van der Waals surface area contributed by atoms with Crippen LogP contribution in [0.5, 0.6) is 5.75 Å². The van der Waals surface area contributed by atoms with Crippen molar-refractivity contribution in [2.45, 2.75) is 52.5 Å². The summed E-state index contributed by atoms with van der Waals surface area (Å²) in [7, 11) is 0. The van der Waals surface area contributed by atoms with Gasteiger partial charge in [-0.3, -0.25) is 0 Å². The van der Waals surface area contributed by atoms with Gasteiger partial charge in [-0.25, -0.2) is 4.98 Å². The first-order valence-electron chi connectivity index (χ1n) is 9.10. The molecule has 1 heterocycles. The number of imidazole rings is 1. The first-order valence-corrected chi connectivity index (χ1v) is 9.10. The fourth-order valence-electron chi connectivity index (χ4n) is 3.14. The van der Waals surface area contributed by atoms with Gasteiger partial charge in [0.1, 0.15) is 11.6 Å². The molecule has 1 aromatic heterocycles. The average molecular weight is 336 g/mol. The summed E-state index contributed by atoms with van der Waals surface area (Å²) in [6.45, 7) is 10.5. The number of nitrogens with zero attached hydrogens (tertiary/aromatic N) is 2. The van der Waals surface area contributed by atoms with Gasteiger partial charge in [0, 0.05) is 12.0 Å². The van der Waals surface area contributed by atoms with E-state index in [-0.39, 0.29) is 5.41 Å². The Morgan fingerprint density at radius 2 is 1.80 bits per heavy atom. The van der Waals surface area contributed by atoms with E-state index in [0.717, 1.165) is 43.1 Å². The zero-order chi connectivity index (χ0) is 17.9. The third kappa shape index (κ3) is 4.22. The van der Waals surface area contributed by atoms with E-state index < -0.39 is 0 Å². The molecule has 0 unspecified atom stereocenters. The van der Waals surface area contributed by atoms with Gasteiger partial charge in [0.25, 0.3) is 0 Å². The lowest BCUT2D eigenvalue weighted by Crippen LogP contribution is -2.19. The minimum Gasteiger partial charge on any atom is -0.494 e. The van der Waals surface area contributed by atoms with Crippen LogP contribution in [0.3, 0.4) is 0 Å². The highest BCUT2D eigenvalue weighted by Gasteiger charge is 2.22. The lowest BCUT2D eigenvalue weighted by Gasteiger charge is -2.20. The van der Waals surface area contributed by atoms with E-state index >= 15 is 0 Å². The molecule has 3 heteroatoms. The summed E-state index contributed by atoms with van der Waals surface area (Å²) in [5, 5.41) is 0. The second-order valence-electron chi connectivity index (χ2n) is 7.70. The van der Waals surface area contributed by atoms with Gasteiger partial charge in [0.05, 0.1) is 17.6 Å². The van der Waals surface area contributed by atoms with Crippen molar-refractivity contribution in [3.05, 3.63) is 59.9 Å². The maximum absolute atomic E-state index is 5.87. The lowest BCUT2D eigenvalue weighted by molar-refractivity contribution is 0.302. The van der Waals surface area contributed by atoms with E-state index in [9.17, 15) is 0 Å². The van der Waals surface area contributed by atoms with E-state index in [1.54, 1.807) is 0 Å². The Bertz CT molecular complexity index is 843. The van der Waals surface area contributed by atoms with Crippen LogP contribution >= 0.6 is 0 Å². The summed E-state index contributed by atoms with van der Waals surface area (Å²) < 4.78 is 8.24. The molecule has 0 saturated heterocycles. The highest BCUT2D eigenvalue weighted by molar-refractivity contribution is 5.76. The monoisotopic (exact) mass is 336 g/mol. The van der Waals surface area contributed by atoms with Crippen molar-refractivity contribution >= 4 is 11.0 Å². The SMILES string of the molecule is Cc1cccc(OCCCCn2c(C(C)(C)C)nc3ccccc32)c1. The predicted octanol–water partition coefficient (Wildman–Crippen LogP) is 5.50. The third-order valence-corrected chi connectivity index (χ3v) is 4.36. The third-order valence-electron chi connectivity index (χ3n) is 4.36. The van der Waals surface area contributed by atoms with Gasteiger partial charge in [0.2, 0.25) is 0 Å². The van der Waals surface area contributed by atoms with Gasteiger partial charge >= 0.3 is 0 Å². The van der Waals surface area contributed by atoms with Gasteiger partial charge < -0.3 is 9.30 Å². The molecule has 132 valence electrons. The van der Waals surface area contributed by atoms with Crippen LogP contribution in [0.1, 0.15) is 45.0 Å². The molecule has 0 atom stereocenters. The second kappa shape index (κ2) is 7.30. The number of hydrogen-bond donors (Lipinski definition) is 0. The molecule has 0 N–H and O–H groups in total. The van der Waals surface area contributed by atoms with Gasteiger partial charge in [-0.2, -0.15) is 0 Å². The van der Waals surface area contributed by atoms with E-state index in [1.807, 2.05) is 12.1 Å². The Balaban J connectivity index is 1.63. The lowest BCUT2D eigenvalue weighted by atomic mass is 9.95. The molecule has 0 amide bonds. The molecular formula is C22H28N2O. The minimum atomic E-state index is 0.0388. The van der Waals surface area contributed by atoms with Crippen LogP contribution in [0, 0.1) is 6.92 Å². The molecule has 0 fully saturated rings. The molecule has 3 rings (SSSR count). The number of hydrogen-bond acceptors (Lipinski definition) is 2. The standard InChI is InChI=1S/C22H28N2O/c1-17-10-9-11-18(16-17)25-15-8-7-14-24-20-13-6-5-12-19(20)23-21(24)22(2,3)4/h5-6,9-13,16H,7-8,14-15H2,1-4H3.